The van der Waals surface area contributed by atoms with Crippen molar-refractivity contribution in [2.75, 3.05) is 19.6 Å². The number of thiophene rings is 1. The molecule has 3 heteroatoms. The highest BCUT2D eigenvalue weighted by molar-refractivity contribution is 7.11. The van der Waals surface area contributed by atoms with Crippen LogP contribution in [0.3, 0.4) is 0 Å². The van der Waals surface area contributed by atoms with Crippen molar-refractivity contribution in [1.82, 2.24) is 10.2 Å². The Hall–Kier alpha value is -0.380. The van der Waals surface area contributed by atoms with E-state index in [4.69, 9.17) is 0 Å². The van der Waals surface area contributed by atoms with Crippen molar-refractivity contribution < 1.29 is 0 Å². The lowest BCUT2D eigenvalue weighted by Crippen LogP contribution is -2.46. The normalized spacial score (nSPS) is 22.4. The first kappa shape index (κ1) is 15.0. The molecule has 2 nitrogen and oxygen atoms in total. The van der Waals surface area contributed by atoms with E-state index in [9.17, 15) is 0 Å². The van der Waals surface area contributed by atoms with Gasteiger partial charge in [-0.1, -0.05) is 27.7 Å². The molecule has 1 unspecified atom stereocenters. The summed E-state index contributed by atoms with van der Waals surface area (Å²) in [5.41, 5.74) is 0.340. The van der Waals surface area contributed by atoms with Gasteiger partial charge in [-0.2, -0.15) is 0 Å². The first-order valence-corrected chi connectivity index (χ1v) is 8.34. The monoisotopic (exact) mass is 280 g/mol. The van der Waals surface area contributed by atoms with Crippen LogP contribution in [0.15, 0.2) is 12.1 Å². The standard InChI is InChI=1S/C16H28N2S/c1-5-13-7-8-14(19-13)11-18-10-6-9-17-15(12-18)16(2,3)4/h7-8,15,17H,5-6,9-12H2,1-4H3. The average Bonchev–Trinajstić information content (AvgIpc) is 2.64. The van der Waals surface area contributed by atoms with Crippen LogP contribution in [0.5, 0.6) is 0 Å². The lowest BCUT2D eigenvalue weighted by molar-refractivity contribution is 0.193. The summed E-state index contributed by atoms with van der Waals surface area (Å²) in [7, 11) is 0. The summed E-state index contributed by atoms with van der Waals surface area (Å²) in [5, 5.41) is 3.72. The summed E-state index contributed by atoms with van der Waals surface area (Å²) in [6.07, 6.45) is 2.43. The highest BCUT2D eigenvalue weighted by Crippen LogP contribution is 2.24. The van der Waals surface area contributed by atoms with Crippen molar-refractivity contribution in [1.29, 1.82) is 0 Å². The largest absolute Gasteiger partial charge is 0.312 e. The van der Waals surface area contributed by atoms with E-state index < -0.39 is 0 Å². The fourth-order valence-corrected chi connectivity index (χ4v) is 3.63. The Morgan fingerprint density at radius 2 is 2.05 bits per heavy atom. The van der Waals surface area contributed by atoms with Gasteiger partial charge in [0.05, 0.1) is 0 Å². The molecule has 1 aromatic heterocycles. The fourth-order valence-electron chi connectivity index (χ4n) is 2.63. The summed E-state index contributed by atoms with van der Waals surface area (Å²) in [4.78, 5) is 5.66. The first-order valence-electron chi connectivity index (χ1n) is 7.52. The third-order valence-corrected chi connectivity index (χ3v) is 5.19. The molecule has 0 amide bonds. The molecule has 2 rings (SSSR count). The van der Waals surface area contributed by atoms with Gasteiger partial charge in [0.15, 0.2) is 0 Å². The minimum atomic E-state index is 0.340. The van der Waals surface area contributed by atoms with E-state index in [1.165, 1.54) is 29.3 Å². The van der Waals surface area contributed by atoms with Gasteiger partial charge in [-0.3, -0.25) is 4.90 Å². The molecule has 19 heavy (non-hydrogen) atoms. The van der Waals surface area contributed by atoms with E-state index in [-0.39, 0.29) is 0 Å². The SMILES string of the molecule is CCc1ccc(CN2CCCNC(C(C)(C)C)C2)s1. The van der Waals surface area contributed by atoms with Crippen molar-refractivity contribution in [3.05, 3.63) is 21.9 Å². The van der Waals surface area contributed by atoms with Crippen molar-refractivity contribution in [3.63, 3.8) is 0 Å². The van der Waals surface area contributed by atoms with E-state index in [1.807, 2.05) is 11.3 Å². The molecule has 0 aliphatic carbocycles. The first-order chi connectivity index (χ1) is 8.99. The molecular formula is C16H28N2S. The van der Waals surface area contributed by atoms with Gasteiger partial charge in [0.1, 0.15) is 0 Å². The zero-order chi connectivity index (χ0) is 13.9. The molecule has 1 atom stereocenters. The van der Waals surface area contributed by atoms with Crippen molar-refractivity contribution in [2.24, 2.45) is 5.41 Å². The molecular weight excluding hydrogens is 252 g/mol. The van der Waals surface area contributed by atoms with E-state index in [2.05, 4.69) is 50.0 Å². The minimum absolute atomic E-state index is 0.340. The van der Waals surface area contributed by atoms with Crippen LogP contribution < -0.4 is 5.32 Å². The lowest BCUT2D eigenvalue weighted by Gasteiger charge is -2.33. The molecule has 0 spiro atoms. The van der Waals surface area contributed by atoms with Crippen LogP contribution in [-0.4, -0.2) is 30.6 Å². The van der Waals surface area contributed by atoms with E-state index >= 15 is 0 Å². The molecule has 1 N–H and O–H groups in total. The van der Waals surface area contributed by atoms with Gasteiger partial charge in [-0.05, 0) is 43.5 Å². The smallest absolute Gasteiger partial charge is 0.0328 e. The quantitative estimate of drug-likeness (QED) is 0.911. The van der Waals surface area contributed by atoms with Crippen molar-refractivity contribution >= 4 is 11.3 Å². The third-order valence-electron chi connectivity index (χ3n) is 3.97. The molecule has 0 bridgehead atoms. The van der Waals surface area contributed by atoms with Gasteiger partial charge in [0.2, 0.25) is 0 Å². The van der Waals surface area contributed by atoms with Crippen LogP contribution >= 0.6 is 11.3 Å². The summed E-state index contributed by atoms with van der Waals surface area (Å²) in [6, 6.07) is 5.20. The zero-order valence-corrected chi connectivity index (χ0v) is 13.6. The molecule has 0 aromatic carbocycles. The van der Waals surface area contributed by atoms with Gasteiger partial charge >= 0.3 is 0 Å². The summed E-state index contributed by atoms with van der Waals surface area (Å²) >= 11 is 1.98. The van der Waals surface area contributed by atoms with E-state index in [1.54, 1.807) is 0 Å². The number of hydrogen-bond acceptors (Lipinski definition) is 3. The Labute approximate surface area is 122 Å². The highest BCUT2D eigenvalue weighted by atomic mass is 32.1. The number of nitrogens with one attached hydrogen (secondary N) is 1. The maximum atomic E-state index is 3.72. The second kappa shape index (κ2) is 6.38. The molecule has 0 saturated carbocycles. The number of rotatable bonds is 3. The predicted octanol–water partition coefficient (Wildman–Crippen LogP) is 3.52. The number of hydrogen-bond donors (Lipinski definition) is 1. The Balaban J connectivity index is 1.98. The Morgan fingerprint density at radius 1 is 1.32 bits per heavy atom. The van der Waals surface area contributed by atoms with Gasteiger partial charge in [0, 0.05) is 28.9 Å². The number of nitrogens with zero attached hydrogens (tertiary/aromatic N) is 1. The molecule has 1 aliphatic rings. The zero-order valence-electron chi connectivity index (χ0n) is 12.8. The van der Waals surface area contributed by atoms with Gasteiger partial charge in [-0.15, -0.1) is 11.3 Å². The van der Waals surface area contributed by atoms with Crippen LogP contribution in [0.2, 0.25) is 0 Å². The van der Waals surface area contributed by atoms with Crippen LogP contribution in [0, 0.1) is 5.41 Å². The number of aryl methyl sites for hydroxylation is 1. The summed E-state index contributed by atoms with van der Waals surface area (Å²) in [6.45, 7) is 13.9. The van der Waals surface area contributed by atoms with Gasteiger partial charge < -0.3 is 5.32 Å². The minimum Gasteiger partial charge on any atom is -0.312 e. The molecule has 108 valence electrons. The van der Waals surface area contributed by atoms with Crippen LogP contribution in [0.1, 0.15) is 43.9 Å². The Bertz CT molecular complexity index is 392. The van der Waals surface area contributed by atoms with Crippen molar-refractivity contribution in [3.8, 4) is 0 Å². The topological polar surface area (TPSA) is 15.3 Å². The van der Waals surface area contributed by atoms with Crippen LogP contribution in [0.25, 0.3) is 0 Å². The second-order valence-corrected chi connectivity index (χ2v) is 7.94. The molecule has 1 aromatic rings. The third kappa shape index (κ3) is 4.30. The molecule has 1 fully saturated rings. The Morgan fingerprint density at radius 3 is 2.68 bits per heavy atom. The van der Waals surface area contributed by atoms with E-state index in [0.717, 1.165) is 19.5 Å². The molecule has 2 heterocycles. The predicted molar refractivity (Wildman–Crippen MR) is 84.8 cm³/mol. The molecule has 1 aliphatic heterocycles. The summed E-state index contributed by atoms with van der Waals surface area (Å²) in [5.74, 6) is 0. The maximum absolute atomic E-state index is 3.72. The van der Waals surface area contributed by atoms with Crippen LogP contribution in [-0.2, 0) is 13.0 Å². The fraction of sp³-hybridized carbons (Fsp3) is 0.750. The lowest BCUT2D eigenvalue weighted by atomic mass is 9.86. The summed E-state index contributed by atoms with van der Waals surface area (Å²) < 4.78 is 0. The Kier molecular flexibility index (Phi) is 5.04. The second-order valence-electron chi connectivity index (χ2n) is 6.68. The van der Waals surface area contributed by atoms with Gasteiger partial charge in [0.25, 0.3) is 0 Å². The van der Waals surface area contributed by atoms with Gasteiger partial charge in [-0.25, -0.2) is 0 Å². The average molecular weight is 280 g/mol. The van der Waals surface area contributed by atoms with Crippen molar-refractivity contribution in [2.45, 2.75) is 53.1 Å². The molecule has 1 saturated heterocycles. The van der Waals surface area contributed by atoms with Crippen LogP contribution in [0.4, 0.5) is 0 Å². The van der Waals surface area contributed by atoms with E-state index in [0.29, 0.717) is 11.5 Å². The molecule has 0 radical (unpaired) electrons. The highest BCUT2D eigenvalue weighted by Gasteiger charge is 2.28. The maximum Gasteiger partial charge on any atom is 0.0328 e.